The molecule has 30 heavy (non-hydrogen) atoms. The van der Waals surface area contributed by atoms with Crippen LogP contribution in [0.5, 0.6) is 0 Å². The Bertz CT molecular complexity index is 862. The number of nitrogens with zero attached hydrogens (tertiary/aromatic N) is 1. The van der Waals surface area contributed by atoms with Crippen molar-refractivity contribution in [3.05, 3.63) is 70.2 Å². The number of amides is 2. The molecule has 0 spiro atoms. The highest BCUT2D eigenvalue weighted by atomic mass is 35.5. The second-order valence-corrected chi connectivity index (χ2v) is 9.90. The fraction of sp³-hybridized carbons (Fsp3) is 0.417. The van der Waals surface area contributed by atoms with Crippen LogP contribution in [0.25, 0.3) is 0 Å². The molecule has 0 radical (unpaired) electrons. The first-order chi connectivity index (χ1) is 14.1. The molecule has 2 amide bonds. The van der Waals surface area contributed by atoms with Crippen molar-refractivity contribution in [2.75, 3.05) is 5.75 Å². The predicted molar refractivity (Wildman–Crippen MR) is 127 cm³/mol. The number of thioether (sulfide) groups is 1. The zero-order valence-corrected chi connectivity index (χ0v) is 19.9. The number of hydrogen-bond acceptors (Lipinski definition) is 3. The van der Waals surface area contributed by atoms with E-state index in [0.29, 0.717) is 23.1 Å². The average molecular weight is 447 g/mol. The molecule has 0 unspecified atom stereocenters. The van der Waals surface area contributed by atoms with Crippen LogP contribution in [0.15, 0.2) is 48.5 Å². The van der Waals surface area contributed by atoms with E-state index in [9.17, 15) is 9.59 Å². The van der Waals surface area contributed by atoms with E-state index in [1.54, 1.807) is 11.8 Å². The molecular formula is C24H31ClN2O2S. The summed E-state index contributed by atoms with van der Waals surface area (Å²) in [6, 6.07) is 15.0. The topological polar surface area (TPSA) is 49.4 Å². The van der Waals surface area contributed by atoms with Gasteiger partial charge in [0.05, 0.1) is 5.75 Å². The van der Waals surface area contributed by atoms with Crippen LogP contribution in [-0.2, 0) is 21.9 Å². The second kappa shape index (κ2) is 10.9. The molecule has 0 saturated heterocycles. The lowest BCUT2D eigenvalue weighted by Crippen LogP contribution is -2.52. The number of benzene rings is 2. The highest BCUT2D eigenvalue weighted by Crippen LogP contribution is 2.19. The van der Waals surface area contributed by atoms with Crippen molar-refractivity contribution in [1.29, 1.82) is 0 Å². The van der Waals surface area contributed by atoms with Crippen LogP contribution in [0.1, 0.15) is 44.4 Å². The van der Waals surface area contributed by atoms with Crippen molar-refractivity contribution in [1.82, 2.24) is 10.2 Å². The molecule has 0 fully saturated rings. The molecule has 162 valence electrons. The van der Waals surface area contributed by atoms with E-state index >= 15 is 0 Å². The highest BCUT2D eigenvalue weighted by Gasteiger charge is 2.28. The summed E-state index contributed by atoms with van der Waals surface area (Å²) in [7, 11) is 0. The van der Waals surface area contributed by atoms with Crippen molar-refractivity contribution < 1.29 is 9.59 Å². The van der Waals surface area contributed by atoms with Gasteiger partial charge in [-0.2, -0.15) is 0 Å². The van der Waals surface area contributed by atoms with Crippen LogP contribution in [0.3, 0.4) is 0 Å². The van der Waals surface area contributed by atoms with Crippen molar-refractivity contribution in [3.63, 3.8) is 0 Å². The van der Waals surface area contributed by atoms with Crippen LogP contribution in [-0.4, -0.2) is 34.0 Å². The minimum absolute atomic E-state index is 0.0474. The SMILES string of the molecule is Cc1ccccc1CN(C(=O)CSCc1ccc(Cl)cc1)[C@@H](C)C(=O)NC(C)(C)C. The lowest BCUT2D eigenvalue weighted by molar-refractivity contribution is -0.139. The standard InChI is InChI=1S/C24H31ClN2O2S/c1-17-8-6-7-9-20(17)14-27(18(2)23(29)26-24(3,4)5)22(28)16-30-15-19-10-12-21(25)13-11-19/h6-13,18H,14-16H2,1-5H3,(H,26,29)/t18-/m0/s1. The largest absolute Gasteiger partial charge is 0.350 e. The molecule has 0 aliphatic rings. The summed E-state index contributed by atoms with van der Waals surface area (Å²) in [5.74, 6) is 0.826. The van der Waals surface area contributed by atoms with Crippen LogP contribution in [0.4, 0.5) is 0 Å². The third-order valence-corrected chi connectivity index (χ3v) is 5.92. The second-order valence-electron chi connectivity index (χ2n) is 8.48. The quantitative estimate of drug-likeness (QED) is 0.605. The number of rotatable bonds is 8. The molecule has 1 N–H and O–H groups in total. The summed E-state index contributed by atoms with van der Waals surface area (Å²) in [5.41, 5.74) is 2.91. The Balaban J connectivity index is 2.10. The Morgan fingerprint density at radius 2 is 1.73 bits per heavy atom. The lowest BCUT2D eigenvalue weighted by atomic mass is 10.1. The summed E-state index contributed by atoms with van der Waals surface area (Å²) in [6.07, 6.45) is 0. The number of hydrogen-bond donors (Lipinski definition) is 1. The van der Waals surface area contributed by atoms with Crippen molar-refractivity contribution in [2.24, 2.45) is 0 Å². The zero-order chi connectivity index (χ0) is 22.3. The maximum Gasteiger partial charge on any atom is 0.242 e. The fourth-order valence-corrected chi connectivity index (χ4v) is 3.94. The third-order valence-electron chi connectivity index (χ3n) is 4.67. The van der Waals surface area contributed by atoms with Gasteiger partial charge in [-0.05, 0) is 63.4 Å². The maximum absolute atomic E-state index is 13.1. The molecule has 0 aliphatic heterocycles. The molecule has 6 heteroatoms. The number of nitrogens with one attached hydrogen (secondary N) is 1. The van der Waals surface area contributed by atoms with Gasteiger partial charge in [0.25, 0.3) is 0 Å². The summed E-state index contributed by atoms with van der Waals surface area (Å²) in [4.78, 5) is 27.6. The average Bonchev–Trinajstić information content (AvgIpc) is 2.67. The molecule has 0 aromatic heterocycles. The normalized spacial score (nSPS) is 12.3. The first-order valence-electron chi connectivity index (χ1n) is 10.0. The van der Waals surface area contributed by atoms with E-state index < -0.39 is 6.04 Å². The molecular weight excluding hydrogens is 416 g/mol. The van der Waals surface area contributed by atoms with E-state index in [1.807, 2.05) is 76.2 Å². The fourth-order valence-electron chi connectivity index (χ4n) is 2.95. The monoisotopic (exact) mass is 446 g/mol. The van der Waals surface area contributed by atoms with Gasteiger partial charge >= 0.3 is 0 Å². The molecule has 2 aromatic rings. The van der Waals surface area contributed by atoms with E-state index in [2.05, 4.69) is 5.32 Å². The lowest BCUT2D eigenvalue weighted by Gasteiger charge is -2.31. The van der Waals surface area contributed by atoms with Gasteiger partial charge in [-0.15, -0.1) is 11.8 Å². The third kappa shape index (κ3) is 7.69. The summed E-state index contributed by atoms with van der Waals surface area (Å²) < 4.78 is 0. The number of aryl methyl sites for hydroxylation is 1. The smallest absolute Gasteiger partial charge is 0.242 e. The van der Waals surface area contributed by atoms with Crippen molar-refractivity contribution in [3.8, 4) is 0 Å². The van der Waals surface area contributed by atoms with E-state index in [1.165, 1.54) is 11.8 Å². The maximum atomic E-state index is 13.1. The van der Waals surface area contributed by atoms with Crippen LogP contribution < -0.4 is 5.32 Å². The Hall–Kier alpha value is -1.98. The van der Waals surface area contributed by atoms with Gasteiger partial charge < -0.3 is 10.2 Å². The first kappa shape index (κ1) is 24.3. The Kier molecular flexibility index (Phi) is 8.80. The Morgan fingerprint density at radius 3 is 2.33 bits per heavy atom. The van der Waals surface area contributed by atoms with Gasteiger partial charge in [-0.25, -0.2) is 0 Å². The van der Waals surface area contributed by atoms with Crippen LogP contribution >= 0.6 is 23.4 Å². The molecule has 0 aliphatic carbocycles. The van der Waals surface area contributed by atoms with E-state index in [0.717, 1.165) is 16.7 Å². The Labute approximate surface area is 189 Å². The van der Waals surface area contributed by atoms with E-state index in [-0.39, 0.29) is 17.4 Å². The van der Waals surface area contributed by atoms with Crippen molar-refractivity contribution in [2.45, 2.75) is 58.5 Å². The minimum Gasteiger partial charge on any atom is -0.350 e. The Morgan fingerprint density at radius 1 is 1.10 bits per heavy atom. The predicted octanol–water partition coefficient (Wildman–Crippen LogP) is 5.21. The molecule has 1 atom stereocenters. The van der Waals surface area contributed by atoms with Gasteiger partial charge in [-0.3, -0.25) is 9.59 Å². The molecule has 0 saturated carbocycles. The highest BCUT2D eigenvalue weighted by molar-refractivity contribution is 7.99. The number of carbonyl (C=O) groups is 2. The van der Waals surface area contributed by atoms with Gasteiger partial charge in [0.2, 0.25) is 11.8 Å². The van der Waals surface area contributed by atoms with Crippen LogP contribution in [0.2, 0.25) is 5.02 Å². The molecule has 2 aromatic carbocycles. The molecule has 0 heterocycles. The van der Waals surface area contributed by atoms with Crippen molar-refractivity contribution >= 4 is 35.2 Å². The number of halogens is 1. The van der Waals surface area contributed by atoms with Gasteiger partial charge in [0, 0.05) is 22.9 Å². The number of carbonyl (C=O) groups excluding carboxylic acids is 2. The van der Waals surface area contributed by atoms with Gasteiger partial charge in [0.1, 0.15) is 6.04 Å². The van der Waals surface area contributed by atoms with E-state index in [4.69, 9.17) is 11.6 Å². The summed E-state index contributed by atoms with van der Waals surface area (Å²) in [5, 5.41) is 3.69. The summed E-state index contributed by atoms with van der Waals surface area (Å²) >= 11 is 7.47. The van der Waals surface area contributed by atoms with Crippen LogP contribution in [0, 0.1) is 6.92 Å². The molecule has 4 nitrogen and oxygen atoms in total. The summed E-state index contributed by atoms with van der Waals surface area (Å²) in [6.45, 7) is 10.0. The molecule has 2 rings (SSSR count). The van der Waals surface area contributed by atoms with Gasteiger partial charge in [0.15, 0.2) is 0 Å². The first-order valence-corrected chi connectivity index (χ1v) is 11.6. The zero-order valence-electron chi connectivity index (χ0n) is 18.4. The van der Waals surface area contributed by atoms with Gasteiger partial charge in [-0.1, -0.05) is 48.0 Å². The molecule has 0 bridgehead atoms. The minimum atomic E-state index is -0.563.